The molecule has 0 atom stereocenters. The molecule has 0 bridgehead atoms. The van der Waals surface area contributed by atoms with Crippen molar-refractivity contribution < 1.29 is 9.18 Å². The van der Waals surface area contributed by atoms with Gasteiger partial charge in [0, 0.05) is 11.3 Å². The molecule has 1 aliphatic carbocycles. The van der Waals surface area contributed by atoms with Crippen LogP contribution in [0.4, 0.5) is 10.1 Å². The highest BCUT2D eigenvalue weighted by atomic mass is 32.1. The number of thiazole rings is 1. The van der Waals surface area contributed by atoms with Crippen molar-refractivity contribution in [3.63, 3.8) is 0 Å². The summed E-state index contributed by atoms with van der Waals surface area (Å²) in [4.78, 5) is 18.2. The molecular formula is C16H12FN3OS2. The number of aromatic nitrogens is 1. The number of carbonyl (C=O) groups is 1. The van der Waals surface area contributed by atoms with E-state index in [-0.39, 0.29) is 16.7 Å². The first kappa shape index (κ1) is 14.5. The van der Waals surface area contributed by atoms with Crippen LogP contribution in [-0.2, 0) is 4.79 Å². The molecule has 1 saturated carbocycles. The SMILES string of the molecule is O=C1C(=Cc2csc(C3CC3)n2)NC(=S)N1c1ccccc1F. The van der Waals surface area contributed by atoms with Gasteiger partial charge >= 0.3 is 0 Å². The number of thiocarbonyl (C=S) groups is 1. The lowest BCUT2D eigenvalue weighted by Gasteiger charge is -2.14. The van der Waals surface area contributed by atoms with E-state index in [1.807, 2.05) is 5.38 Å². The zero-order valence-electron chi connectivity index (χ0n) is 12.0. The number of rotatable bonds is 3. The molecule has 1 amide bonds. The maximum atomic E-state index is 13.9. The first-order valence-electron chi connectivity index (χ1n) is 7.20. The fraction of sp³-hybridized carbons (Fsp3) is 0.188. The van der Waals surface area contributed by atoms with Gasteiger partial charge < -0.3 is 5.32 Å². The molecular weight excluding hydrogens is 333 g/mol. The maximum Gasteiger partial charge on any atom is 0.281 e. The number of nitrogens with one attached hydrogen (secondary N) is 1. The molecule has 2 aromatic rings. The predicted molar refractivity (Wildman–Crippen MR) is 91.7 cm³/mol. The van der Waals surface area contributed by atoms with Crippen LogP contribution >= 0.6 is 23.6 Å². The van der Waals surface area contributed by atoms with E-state index in [0.29, 0.717) is 11.6 Å². The highest BCUT2D eigenvalue weighted by molar-refractivity contribution is 7.80. The van der Waals surface area contributed by atoms with Crippen LogP contribution in [0.15, 0.2) is 35.3 Å². The monoisotopic (exact) mass is 345 g/mol. The van der Waals surface area contributed by atoms with Gasteiger partial charge in [0.1, 0.15) is 11.5 Å². The molecule has 1 saturated heterocycles. The number of carbonyl (C=O) groups excluding carboxylic acids is 1. The fourth-order valence-corrected chi connectivity index (χ4v) is 3.66. The molecule has 0 radical (unpaired) electrons. The van der Waals surface area contributed by atoms with Crippen molar-refractivity contribution in [2.45, 2.75) is 18.8 Å². The Morgan fingerprint density at radius 2 is 2.17 bits per heavy atom. The second-order valence-electron chi connectivity index (χ2n) is 5.47. The molecule has 23 heavy (non-hydrogen) atoms. The minimum absolute atomic E-state index is 0.148. The van der Waals surface area contributed by atoms with Gasteiger partial charge in [-0.15, -0.1) is 11.3 Å². The standard InChI is InChI=1S/C16H12FN3OS2/c17-11-3-1-2-4-13(11)20-15(21)12(19-16(20)22)7-10-8-23-14(18-10)9-5-6-9/h1-4,7-9H,5-6H2,(H,19,22). The van der Waals surface area contributed by atoms with Gasteiger partial charge in [0.25, 0.3) is 5.91 Å². The maximum absolute atomic E-state index is 13.9. The highest BCUT2D eigenvalue weighted by Crippen LogP contribution is 2.41. The average molecular weight is 345 g/mol. The number of amides is 1. The molecule has 1 aliphatic heterocycles. The van der Waals surface area contributed by atoms with Gasteiger partial charge in [0.2, 0.25) is 0 Å². The third-order valence-electron chi connectivity index (χ3n) is 3.73. The molecule has 4 rings (SSSR count). The first-order valence-corrected chi connectivity index (χ1v) is 8.49. The Bertz CT molecular complexity index is 841. The summed E-state index contributed by atoms with van der Waals surface area (Å²) in [6.07, 6.45) is 4.04. The predicted octanol–water partition coefficient (Wildman–Crippen LogP) is 3.42. The summed E-state index contributed by atoms with van der Waals surface area (Å²) in [5.41, 5.74) is 1.19. The van der Waals surface area contributed by atoms with E-state index in [9.17, 15) is 9.18 Å². The van der Waals surface area contributed by atoms with Crippen LogP contribution in [0.2, 0.25) is 0 Å². The van der Waals surface area contributed by atoms with Gasteiger partial charge in [-0.25, -0.2) is 14.3 Å². The summed E-state index contributed by atoms with van der Waals surface area (Å²) in [6, 6.07) is 6.06. The van der Waals surface area contributed by atoms with E-state index in [2.05, 4.69) is 10.3 Å². The van der Waals surface area contributed by atoms with Gasteiger partial charge in [-0.3, -0.25) is 4.79 Å². The molecule has 1 aromatic heterocycles. The molecule has 7 heteroatoms. The number of hydrogen-bond acceptors (Lipinski definition) is 4. The Morgan fingerprint density at radius 3 is 2.91 bits per heavy atom. The summed E-state index contributed by atoms with van der Waals surface area (Å²) in [6.45, 7) is 0. The molecule has 0 unspecified atom stereocenters. The molecule has 2 heterocycles. The summed E-state index contributed by atoms with van der Waals surface area (Å²) >= 11 is 6.78. The molecule has 1 aromatic carbocycles. The number of benzene rings is 1. The number of nitrogens with zero attached hydrogens (tertiary/aromatic N) is 2. The van der Waals surface area contributed by atoms with E-state index in [1.54, 1.807) is 29.5 Å². The van der Waals surface area contributed by atoms with E-state index in [1.165, 1.54) is 29.9 Å². The van der Waals surface area contributed by atoms with E-state index < -0.39 is 5.82 Å². The van der Waals surface area contributed by atoms with E-state index in [4.69, 9.17) is 12.2 Å². The van der Waals surface area contributed by atoms with Crippen LogP contribution in [-0.4, -0.2) is 16.0 Å². The van der Waals surface area contributed by atoms with Crippen LogP contribution in [0.3, 0.4) is 0 Å². The quantitative estimate of drug-likeness (QED) is 0.684. The lowest BCUT2D eigenvalue weighted by atomic mass is 10.2. The molecule has 2 fully saturated rings. The lowest BCUT2D eigenvalue weighted by Crippen LogP contribution is -2.31. The lowest BCUT2D eigenvalue weighted by molar-refractivity contribution is -0.113. The second-order valence-corrected chi connectivity index (χ2v) is 6.74. The number of halogens is 1. The second kappa shape index (κ2) is 5.50. The largest absolute Gasteiger partial charge is 0.327 e. The van der Waals surface area contributed by atoms with Crippen LogP contribution in [0.1, 0.15) is 29.5 Å². The van der Waals surface area contributed by atoms with Crippen molar-refractivity contribution in [2.24, 2.45) is 0 Å². The number of hydrogen-bond donors (Lipinski definition) is 1. The van der Waals surface area contributed by atoms with Gasteiger partial charge in [-0.05, 0) is 43.3 Å². The fourth-order valence-electron chi connectivity index (χ4n) is 2.42. The van der Waals surface area contributed by atoms with Crippen LogP contribution in [0, 0.1) is 5.82 Å². The molecule has 2 aliphatic rings. The van der Waals surface area contributed by atoms with Crippen molar-refractivity contribution in [1.82, 2.24) is 10.3 Å². The average Bonchev–Trinajstić information content (AvgIpc) is 3.22. The minimum atomic E-state index is -0.490. The smallest absolute Gasteiger partial charge is 0.281 e. The molecule has 4 nitrogen and oxygen atoms in total. The van der Waals surface area contributed by atoms with Crippen molar-refractivity contribution in [1.29, 1.82) is 0 Å². The van der Waals surface area contributed by atoms with Crippen molar-refractivity contribution in [2.75, 3.05) is 4.90 Å². The third kappa shape index (κ3) is 2.66. The zero-order chi connectivity index (χ0) is 16.0. The van der Waals surface area contributed by atoms with Crippen LogP contribution in [0.25, 0.3) is 6.08 Å². The van der Waals surface area contributed by atoms with Crippen LogP contribution < -0.4 is 10.2 Å². The zero-order valence-corrected chi connectivity index (χ0v) is 13.6. The summed E-state index contributed by atoms with van der Waals surface area (Å²) < 4.78 is 13.9. The van der Waals surface area contributed by atoms with E-state index in [0.717, 1.165) is 10.7 Å². The third-order valence-corrected chi connectivity index (χ3v) is 5.04. The molecule has 0 spiro atoms. The Balaban J connectivity index is 1.63. The molecule has 116 valence electrons. The van der Waals surface area contributed by atoms with Crippen molar-refractivity contribution >= 4 is 46.3 Å². The summed E-state index contributed by atoms with van der Waals surface area (Å²) in [5.74, 6) is -0.285. The van der Waals surface area contributed by atoms with Gasteiger partial charge in [0.05, 0.1) is 16.4 Å². The molecule has 1 N–H and O–H groups in total. The number of para-hydroxylation sites is 1. The highest BCUT2D eigenvalue weighted by Gasteiger charge is 2.34. The van der Waals surface area contributed by atoms with Crippen molar-refractivity contribution in [3.05, 3.63) is 51.9 Å². The van der Waals surface area contributed by atoms with Gasteiger partial charge in [-0.2, -0.15) is 0 Å². The van der Waals surface area contributed by atoms with Crippen molar-refractivity contribution in [3.8, 4) is 0 Å². The van der Waals surface area contributed by atoms with E-state index >= 15 is 0 Å². The topological polar surface area (TPSA) is 45.2 Å². The summed E-state index contributed by atoms with van der Waals surface area (Å²) in [7, 11) is 0. The summed E-state index contributed by atoms with van der Waals surface area (Å²) in [5, 5.41) is 6.05. The Kier molecular flexibility index (Phi) is 3.46. The van der Waals surface area contributed by atoms with Gasteiger partial charge in [-0.1, -0.05) is 12.1 Å². The Morgan fingerprint density at radius 1 is 1.39 bits per heavy atom. The number of anilines is 1. The minimum Gasteiger partial charge on any atom is -0.327 e. The van der Waals surface area contributed by atoms with Gasteiger partial charge in [0.15, 0.2) is 5.11 Å². The van der Waals surface area contributed by atoms with Crippen LogP contribution in [0.5, 0.6) is 0 Å². The Hall–Kier alpha value is -2.12. The first-order chi connectivity index (χ1) is 11.1. The normalized spacial score (nSPS) is 19.5. The Labute approximate surface area is 141 Å².